The lowest BCUT2D eigenvalue weighted by atomic mass is 9.84. The summed E-state index contributed by atoms with van der Waals surface area (Å²) in [5, 5.41) is 13.0. The fourth-order valence-electron chi connectivity index (χ4n) is 3.70. The predicted octanol–water partition coefficient (Wildman–Crippen LogP) is 2.91. The van der Waals surface area contributed by atoms with Crippen molar-refractivity contribution in [3.63, 3.8) is 0 Å². The van der Waals surface area contributed by atoms with Crippen molar-refractivity contribution in [2.75, 3.05) is 5.73 Å². The summed E-state index contributed by atoms with van der Waals surface area (Å²) in [6, 6.07) is 17.8. The number of anilines is 1. The van der Waals surface area contributed by atoms with Gasteiger partial charge in [-0.25, -0.2) is 15.0 Å². The van der Waals surface area contributed by atoms with Crippen LogP contribution in [0.1, 0.15) is 25.2 Å². The molecule has 0 saturated carbocycles. The molecule has 9 nitrogen and oxygen atoms in total. The van der Waals surface area contributed by atoms with E-state index >= 15 is 0 Å². The number of nitrogens with two attached hydrogens (primary N) is 1. The molecule has 0 saturated heterocycles. The summed E-state index contributed by atoms with van der Waals surface area (Å²) in [6.07, 6.45) is 1.58. The van der Waals surface area contributed by atoms with Crippen molar-refractivity contribution in [3.8, 4) is 17.3 Å². The van der Waals surface area contributed by atoms with E-state index in [0.29, 0.717) is 17.3 Å². The molecule has 5 aromatic rings. The van der Waals surface area contributed by atoms with E-state index in [1.54, 1.807) is 15.6 Å². The third kappa shape index (κ3) is 3.10. The van der Waals surface area contributed by atoms with Gasteiger partial charge in [0.2, 0.25) is 5.82 Å². The van der Waals surface area contributed by atoms with E-state index in [1.807, 2.05) is 49.5 Å². The van der Waals surface area contributed by atoms with Gasteiger partial charge in [-0.3, -0.25) is 4.68 Å². The lowest BCUT2D eigenvalue weighted by Crippen LogP contribution is -2.23. The highest BCUT2D eigenvalue weighted by Crippen LogP contribution is 2.31. The summed E-state index contributed by atoms with van der Waals surface area (Å²) in [5.41, 5.74) is 8.98. The maximum absolute atomic E-state index is 6.12. The largest absolute Gasteiger partial charge is 0.381 e. The number of fused-ring (bicyclic) bond motifs is 1. The summed E-state index contributed by atoms with van der Waals surface area (Å²) >= 11 is 0. The zero-order valence-electron chi connectivity index (χ0n) is 17.4. The van der Waals surface area contributed by atoms with Crippen molar-refractivity contribution < 1.29 is 0 Å². The van der Waals surface area contributed by atoms with Gasteiger partial charge in [0.15, 0.2) is 11.6 Å². The zero-order valence-corrected chi connectivity index (χ0v) is 17.4. The number of para-hydroxylation sites is 1. The lowest BCUT2D eigenvalue weighted by molar-refractivity contribution is 0.542. The predicted molar refractivity (Wildman–Crippen MR) is 117 cm³/mol. The van der Waals surface area contributed by atoms with Crippen LogP contribution < -0.4 is 5.73 Å². The Labute approximate surface area is 178 Å². The molecule has 0 amide bonds. The van der Waals surface area contributed by atoms with Crippen molar-refractivity contribution in [3.05, 3.63) is 72.2 Å². The van der Waals surface area contributed by atoms with Crippen LogP contribution in [-0.2, 0) is 12.5 Å². The number of nitrogens with zero attached hydrogens (tertiary/aromatic N) is 8. The minimum absolute atomic E-state index is 0.250. The molecule has 0 aliphatic carbocycles. The molecule has 0 unspecified atom stereocenters. The number of hydrogen-bond acceptors (Lipinski definition) is 7. The van der Waals surface area contributed by atoms with Crippen LogP contribution in [0.3, 0.4) is 0 Å². The summed E-state index contributed by atoms with van der Waals surface area (Å²) in [6.45, 7) is 4.25. The Morgan fingerprint density at radius 1 is 0.935 bits per heavy atom. The smallest absolute Gasteiger partial charge is 0.201 e. The molecular weight excluding hydrogens is 390 g/mol. The van der Waals surface area contributed by atoms with E-state index < -0.39 is 0 Å². The van der Waals surface area contributed by atoms with Gasteiger partial charge in [-0.05, 0) is 31.5 Å². The number of rotatable bonds is 4. The minimum atomic E-state index is -0.340. The van der Waals surface area contributed by atoms with E-state index in [1.165, 1.54) is 0 Å². The molecule has 0 spiro atoms. The highest BCUT2D eigenvalue weighted by atomic mass is 15.5. The second kappa shape index (κ2) is 6.98. The normalized spacial score (nSPS) is 11.8. The van der Waals surface area contributed by atoms with Crippen molar-refractivity contribution >= 4 is 16.9 Å². The molecule has 9 heteroatoms. The molecule has 0 bridgehead atoms. The van der Waals surface area contributed by atoms with Gasteiger partial charge in [-0.15, -0.1) is 10.2 Å². The van der Waals surface area contributed by atoms with Gasteiger partial charge in [0.25, 0.3) is 0 Å². The molecule has 0 radical (unpaired) electrons. The van der Waals surface area contributed by atoms with Crippen molar-refractivity contribution in [1.29, 1.82) is 0 Å². The van der Waals surface area contributed by atoms with Crippen molar-refractivity contribution in [1.82, 2.24) is 39.7 Å². The van der Waals surface area contributed by atoms with Crippen LogP contribution >= 0.6 is 0 Å². The number of hydrogen-bond donors (Lipinski definition) is 1. The van der Waals surface area contributed by atoms with Crippen LogP contribution in [0.2, 0.25) is 0 Å². The van der Waals surface area contributed by atoms with Gasteiger partial charge in [0.05, 0.1) is 11.7 Å². The van der Waals surface area contributed by atoms with Gasteiger partial charge < -0.3 is 5.73 Å². The van der Waals surface area contributed by atoms with Crippen LogP contribution in [0.15, 0.2) is 60.8 Å². The average Bonchev–Trinajstić information content (AvgIpc) is 3.39. The molecule has 2 N–H and O–H groups in total. The first kappa shape index (κ1) is 18.9. The van der Waals surface area contributed by atoms with Crippen LogP contribution in [0, 0.1) is 0 Å². The van der Waals surface area contributed by atoms with Gasteiger partial charge in [0.1, 0.15) is 17.0 Å². The molecule has 0 aliphatic heterocycles. The number of aryl methyl sites for hydroxylation is 1. The highest BCUT2D eigenvalue weighted by molar-refractivity contribution is 5.76. The van der Waals surface area contributed by atoms with Gasteiger partial charge in [-0.2, -0.15) is 4.68 Å². The molecule has 2 aromatic carbocycles. The van der Waals surface area contributed by atoms with Gasteiger partial charge in [-0.1, -0.05) is 47.7 Å². The van der Waals surface area contributed by atoms with Crippen LogP contribution in [0.25, 0.3) is 28.4 Å². The van der Waals surface area contributed by atoms with E-state index in [-0.39, 0.29) is 11.2 Å². The molecule has 31 heavy (non-hydrogen) atoms. The maximum atomic E-state index is 6.12. The van der Waals surface area contributed by atoms with E-state index in [4.69, 9.17) is 10.7 Å². The Morgan fingerprint density at radius 2 is 1.68 bits per heavy atom. The molecule has 3 heterocycles. The molecule has 0 atom stereocenters. The fourth-order valence-corrected chi connectivity index (χ4v) is 3.70. The first-order valence-corrected chi connectivity index (χ1v) is 9.86. The summed E-state index contributed by atoms with van der Waals surface area (Å²) < 4.78 is 3.36. The molecule has 154 valence electrons. The third-order valence-electron chi connectivity index (χ3n) is 5.38. The van der Waals surface area contributed by atoms with Crippen molar-refractivity contribution in [2.24, 2.45) is 7.05 Å². The molecule has 3 aromatic heterocycles. The standard InChI is InChI=1S/C22H21N9/c1-22(2,14-9-5-4-6-10-14)21-26-19(28-30(21)3)16-13-24-18(23)20(25-16)31-17-12-8-7-11-15(17)27-29-31/h4-13H,1-3H3,(H2,23,24). The molecular formula is C22H21N9. The Morgan fingerprint density at radius 3 is 2.48 bits per heavy atom. The summed E-state index contributed by atoms with van der Waals surface area (Å²) in [4.78, 5) is 13.8. The second-order valence-corrected chi connectivity index (χ2v) is 7.83. The monoisotopic (exact) mass is 411 g/mol. The second-order valence-electron chi connectivity index (χ2n) is 7.83. The minimum Gasteiger partial charge on any atom is -0.381 e. The van der Waals surface area contributed by atoms with E-state index in [0.717, 1.165) is 22.4 Å². The van der Waals surface area contributed by atoms with Crippen LogP contribution in [-0.4, -0.2) is 39.7 Å². The Hall–Kier alpha value is -4.14. The number of aromatic nitrogens is 8. The Kier molecular flexibility index (Phi) is 4.25. The molecule has 0 fully saturated rings. The molecule has 5 rings (SSSR count). The highest BCUT2D eigenvalue weighted by Gasteiger charge is 2.29. The molecule has 0 aliphatic rings. The number of nitrogen functional groups attached to an aromatic ring is 1. The Balaban J connectivity index is 1.60. The van der Waals surface area contributed by atoms with Crippen molar-refractivity contribution in [2.45, 2.75) is 19.3 Å². The third-order valence-corrected chi connectivity index (χ3v) is 5.38. The first-order chi connectivity index (χ1) is 14.9. The zero-order chi connectivity index (χ0) is 21.6. The van der Waals surface area contributed by atoms with Crippen LogP contribution in [0.4, 0.5) is 5.82 Å². The summed E-state index contributed by atoms with van der Waals surface area (Å²) in [7, 11) is 1.88. The van der Waals surface area contributed by atoms with Crippen LogP contribution in [0.5, 0.6) is 0 Å². The van der Waals surface area contributed by atoms with E-state index in [2.05, 4.69) is 51.4 Å². The average molecular weight is 411 g/mol. The maximum Gasteiger partial charge on any atom is 0.201 e. The van der Waals surface area contributed by atoms with Gasteiger partial charge in [0, 0.05) is 12.5 Å². The SMILES string of the molecule is Cn1nc(-c2cnc(N)c(-n3nnc4ccccc43)n2)nc1C(C)(C)c1ccccc1. The quantitative estimate of drug-likeness (QED) is 0.484. The summed E-state index contributed by atoms with van der Waals surface area (Å²) in [5.74, 6) is 1.93. The van der Waals surface area contributed by atoms with E-state index in [9.17, 15) is 0 Å². The number of benzene rings is 2. The Bertz CT molecular complexity index is 1380. The first-order valence-electron chi connectivity index (χ1n) is 9.86. The topological polar surface area (TPSA) is 113 Å². The van der Waals surface area contributed by atoms with Gasteiger partial charge >= 0.3 is 0 Å². The lowest BCUT2D eigenvalue weighted by Gasteiger charge is -2.23. The fraction of sp³-hybridized carbons (Fsp3) is 0.182.